The Morgan fingerprint density at radius 2 is 1.70 bits per heavy atom. The lowest BCUT2D eigenvalue weighted by molar-refractivity contribution is -0.146. The quantitative estimate of drug-likeness (QED) is 0.764. The van der Waals surface area contributed by atoms with Crippen LogP contribution in [0.4, 0.5) is 0 Å². The first-order chi connectivity index (χ1) is 10.9. The Morgan fingerprint density at radius 1 is 1.17 bits per heavy atom. The zero-order valence-electron chi connectivity index (χ0n) is 14.3. The van der Waals surface area contributed by atoms with Gasteiger partial charge in [0, 0.05) is 12.3 Å². The first-order valence-electron chi connectivity index (χ1n) is 9.38. The maximum absolute atomic E-state index is 12.9. The lowest BCUT2D eigenvalue weighted by Gasteiger charge is -2.57. The van der Waals surface area contributed by atoms with E-state index >= 15 is 0 Å². The van der Waals surface area contributed by atoms with E-state index in [2.05, 4.69) is 5.32 Å². The van der Waals surface area contributed by atoms with Crippen molar-refractivity contribution in [2.24, 2.45) is 35.0 Å². The molecule has 4 aliphatic carbocycles. The highest BCUT2D eigenvalue weighted by Crippen LogP contribution is 2.61. The highest BCUT2D eigenvalue weighted by Gasteiger charge is 2.53. The maximum Gasteiger partial charge on any atom is 0.228 e. The van der Waals surface area contributed by atoms with Crippen LogP contribution >= 0.6 is 0 Å². The van der Waals surface area contributed by atoms with Crippen LogP contribution in [-0.4, -0.2) is 28.9 Å². The average molecular weight is 319 g/mol. The van der Waals surface area contributed by atoms with Crippen LogP contribution in [0.25, 0.3) is 0 Å². The number of carbonyl (C=O) groups excluding carboxylic acids is 2. The second kappa shape index (κ2) is 5.30. The molecule has 5 rings (SSSR count). The van der Waals surface area contributed by atoms with Crippen molar-refractivity contribution in [3.63, 3.8) is 0 Å². The van der Waals surface area contributed by atoms with Crippen LogP contribution in [0.2, 0.25) is 0 Å². The SMILES string of the molecule is C[C@@H](O)C1C(=O)N[C@@H]1[C@@H](C)C(=O)CC12CC3CC(CC(C3)C1)C2. The normalized spacial score (nSPS) is 46.9. The summed E-state index contributed by atoms with van der Waals surface area (Å²) in [5.41, 5.74) is 0.258. The molecule has 1 aliphatic heterocycles. The minimum absolute atomic E-state index is 0.112. The number of aliphatic hydroxyl groups is 1. The van der Waals surface area contributed by atoms with E-state index in [0.717, 1.165) is 17.8 Å². The maximum atomic E-state index is 12.9. The van der Waals surface area contributed by atoms with Crippen LogP contribution in [0.1, 0.15) is 58.8 Å². The van der Waals surface area contributed by atoms with Crippen LogP contribution in [0.3, 0.4) is 0 Å². The van der Waals surface area contributed by atoms with Crippen molar-refractivity contribution in [3.05, 3.63) is 0 Å². The van der Waals surface area contributed by atoms with Gasteiger partial charge in [0.1, 0.15) is 5.78 Å². The van der Waals surface area contributed by atoms with Gasteiger partial charge in [-0.1, -0.05) is 6.92 Å². The lowest BCUT2D eigenvalue weighted by atomic mass is 9.48. The van der Waals surface area contributed by atoms with E-state index in [9.17, 15) is 14.7 Å². The molecule has 0 aromatic rings. The van der Waals surface area contributed by atoms with E-state index in [0.29, 0.717) is 12.2 Å². The van der Waals surface area contributed by atoms with Gasteiger partial charge in [-0.25, -0.2) is 0 Å². The number of Topliss-reactive ketones (excluding diaryl/α,β-unsaturated/α-hetero) is 1. The van der Waals surface area contributed by atoms with E-state index in [1.807, 2.05) is 6.92 Å². The molecule has 1 saturated heterocycles. The second-order valence-corrected chi connectivity index (χ2v) is 9.15. The van der Waals surface area contributed by atoms with Gasteiger partial charge in [0.15, 0.2) is 0 Å². The fourth-order valence-electron chi connectivity index (χ4n) is 6.61. The molecule has 0 spiro atoms. The van der Waals surface area contributed by atoms with Gasteiger partial charge in [-0.05, 0) is 68.6 Å². The van der Waals surface area contributed by atoms with Crippen molar-refractivity contribution in [2.75, 3.05) is 0 Å². The molecule has 1 heterocycles. The number of aliphatic hydroxyl groups excluding tert-OH is 1. The third-order valence-corrected chi connectivity index (χ3v) is 7.28. The third kappa shape index (κ3) is 2.54. The summed E-state index contributed by atoms with van der Waals surface area (Å²) in [5.74, 6) is 2.17. The Morgan fingerprint density at radius 3 is 2.13 bits per heavy atom. The fraction of sp³-hybridized carbons (Fsp3) is 0.895. The predicted octanol–water partition coefficient (Wildman–Crippen LogP) is 2.29. The van der Waals surface area contributed by atoms with E-state index in [4.69, 9.17) is 0 Å². The van der Waals surface area contributed by atoms with Crippen molar-refractivity contribution < 1.29 is 14.7 Å². The first-order valence-corrected chi connectivity index (χ1v) is 9.38. The lowest BCUT2D eigenvalue weighted by Crippen LogP contribution is -2.65. The summed E-state index contributed by atoms with van der Waals surface area (Å²) in [5, 5.41) is 12.6. The van der Waals surface area contributed by atoms with Crippen LogP contribution in [0.5, 0.6) is 0 Å². The number of rotatable bonds is 5. The van der Waals surface area contributed by atoms with Crippen molar-refractivity contribution in [1.82, 2.24) is 5.32 Å². The average Bonchev–Trinajstić information content (AvgIpc) is 2.41. The van der Waals surface area contributed by atoms with Gasteiger partial charge in [0.25, 0.3) is 0 Å². The van der Waals surface area contributed by atoms with Gasteiger partial charge in [-0.2, -0.15) is 0 Å². The number of nitrogens with one attached hydrogen (secondary N) is 1. The Balaban J connectivity index is 1.43. The molecule has 0 radical (unpaired) electrons. The van der Waals surface area contributed by atoms with Crippen molar-refractivity contribution in [1.29, 1.82) is 0 Å². The summed E-state index contributed by atoms with van der Waals surface area (Å²) in [4.78, 5) is 24.5. The molecule has 1 amide bonds. The van der Waals surface area contributed by atoms with Gasteiger partial charge in [-0.3, -0.25) is 9.59 Å². The van der Waals surface area contributed by atoms with E-state index in [-0.39, 0.29) is 23.3 Å². The summed E-state index contributed by atoms with van der Waals surface area (Å²) >= 11 is 0. The Kier molecular flexibility index (Phi) is 3.60. The summed E-state index contributed by atoms with van der Waals surface area (Å²) in [6.45, 7) is 3.58. The molecule has 4 heteroatoms. The Bertz CT molecular complexity index is 491. The fourth-order valence-corrected chi connectivity index (χ4v) is 6.61. The largest absolute Gasteiger partial charge is 0.393 e. The highest BCUT2D eigenvalue weighted by molar-refractivity contribution is 5.90. The predicted molar refractivity (Wildman–Crippen MR) is 86.5 cm³/mol. The molecule has 4 nitrogen and oxygen atoms in total. The standard InChI is InChI=1S/C19H29NO3/c1-10(17-16(11(2)21)18(23)20-17)15(22)9-19-6-12-3-13(7-19)5-14(4-12)8-19/h10-14,16-17,21H,3-9H2,1-2H3,(H,20,23)/t10-,11+,12?,13?,14?,16?,17+,19?/m0/s1. The molecule has 5 fully saturated rings. The van der Waals surface area contributed by atoms with E-state index in [1.165, 1.54) is 38.5 Å². The minimum atomic E-state index is -0.677. The highest BCUT2D eigenvalue weighted by atomic mass is 16.3. The van der Waals surface area contributed by atoms with Gasteiger partial charge >= 0.3 is 0 Å². The molecule has 4 atom stereocenters. The molecule has 128 valence electrons. The topological polar surface area (TPSA) is 66.4 Å². The molecule has 4 saturated carbocycles. The molecule has 23 heavy (non-hydrogen) atoms. The number of ketones is 1. The van der Waals surface area contributed by atoms with Crippen LogP contribution in [-0.2, 0) is 9.59 Å². The molecule has 0 aromatic heterocycles. The minimum Gasteiger partial charge on any atom is -0.393 e. The number of hydrogen-bond acceptors (Lipinski definition) is 3. The van der Waals surface area contributed by atoms with Crippen LogP contribution < -0.4 is 5.32 Å². The van der Waals surface area contributed by atoms with Crippen molar-refractivity contribution >= 4 is 11.7 Å². The monoisotopic (exact) mass is 319 g/mol. The molecule has 5 aliphatic rings. The van der Waals surface area contributed by atoms with Gasteiger partial charge in [0.2, 0.25) is 5.91 Å². The molecular formula is C19H29NO3. The number of amides is 1. The van der Waals surface area contributed by atoms with E-state index < -0.39 is 12.0 Å². The zero-order chi connectivity index (χ0) is 16.4. The van der Waals surface area contributed by atoms with Gasteiger partial charge < -0.3 is 10.4 Å². The van der Waals surface area contributed by atoms with Crippen molar-refractivity contribution in [3.8, 4) is 0 Å². The van der Waals surface area contributed by atoms with Crippen LogP contribution in [0, 0.1) is 35.0 Å². The number of β-lactam (4-membered cyclic amide) rings is 1. The summed E-state index contributed by atoms with van der Waals surface area (Å²) in [6, 6.07) is -0.177. The van der Waals surface area contributed by atoms with Gasteiger partial charge in [-0.15, -0.1) is 0 Å². The van der Waals surface area contributed by atoms with E-state index in [1.54, 1.807) is 6.92 Å². The smallest absolute Gasteiger partial charge is 0.228 e. The summed E-state index contributed by atoms with van der Waals surface area (Å²) in [6.07, 6.45) is 7.93. The molecule has 1 unspecified atom stereocenters. The number of hydrogen-bond donors (Lipinski definition) is 2. The Hall–Kier alpha value is -0.900. The third-order valence-electron chi connectivity index (χ3n) is 7.28. The zero-order valence-corrected chi connectivity index (χ0v) is 14.3. The number of carbonyl (C=O) groups is 2. The van der Waals surface area contributed by atoms with Gasteiger partial charge in [0.05, 0.1) is 18.1 Å². The first kappa shape index (κ1) is 15.6. The second-order valence-electron chi connectivity index (χ2n) is 9.15. The van der Waals surface area contributed by atoms with Crippen LogP contribution in [0.15, 0.2) is 0 Å². The molecule has 4 bridgehead atoms. The molecule has 2 N–H and O–H groups in total. The Labute approximate surface area is 138 Å². The molecular weight excluding hydrogens is 290 g/mol. The molecule has 0 aromatic carbocycles. The summed E-state index contributed by atoms with van der Waals surface area (Å²) in [7, 11) is 0. The van der Waals surface area contributed by atoms with Crippen molar-refractivity contribution in [2.45, 2.75) is 70.9 Å². The summed E-state index contributed by atoms with van der Waals surface area (Å²) < 4.78 is 0.